The molecule has 110 valence electrons. The predicted octanol–water partition coefficient (Wildman–Crippen LogP) is 4.71. The molecule has 0 saturated carbocycles. The molecule has 2 aromatic carbocycles. The van der Waals surface area contributed by atoms with Crippen molar-refractivity contribution in [1.82, 2.24) is 0 Å². The lowest BCUT2D eigenvalue weighted by Crippen LogP contribution is -2.30. The van der Waals surface area contributed by atoms with Gasteiger partial charge in [0.05, 0.1) is 10.7 Å². The van der Waals surface area contributed by atoms with Crippen LogP contribution in [0.1, 0.15) is 12.5 Å². The van der Waals surface area contributed by atoms with Crippen molar-refractivity contribution in [1.29, 1.82) is 0 Å². The van der Waals surface area contributed by atoms with E-state index in [1.54, 1.807) is 25.1 Å². The molecule has 0 aliphatic heterocycles. The standard InChI is InChI=1S/C16H15Cl2NO2/c1-10-4-3-5-13(8-10)21-11(2)16(20)19-15-9-12(17)6-7-14(15)18/h3-9,11H,1-2H3,(H,19,20)/t11-/m1/s1. The van der Waals surface area contributed by atoms with Gasteiger partial charge in [0.1, 0.15) is 5.75 Å². The lowest BCUT2D eigenvalue weighted by atomic mass is 10.2. The third-order valence-electron chi connectivity index (χ3n) is 2.86. The molecule has 21 heavy (non-hydrogen) atoms. The quantitative estimate of drug-likeness (QED) is 0.885. The zero-order valence-electron chi connectivity index (χ0n) is 11.7. The van der Waals surface area contributed by atoms with Crippen molar-refractivity contribution in [2.45, 2.75) is 20.0 Å². The van der Waals surface area contributed by atoms with E-state index in [0.29, 0.717) is 21.5 Å². The topological polar surface area (TPSA) is 38.3 Å². The van der Waals surface area contributed by atoms with Gasteiger partial charge in [-0.25, -0.2) is 0 Å². The number of rotatable bonds is 4. The summed E-state index contributed by atoms with van der Waals surface area (Å²) in [6, 6.07) is 12.4. The maximum absolute atomic E-state index is 12.1. The van der Waals surface area contributed by atoms with Crippen LogP contribution in [0, 0.1) is 6.92 Å². The summed E-state index contributed by atoms with van der Waals surface area (Å²) in [6.07, 6.45) is -0.651. The summed E-state index contributed by atoms with van der Waals surface area (Å²) in [5, 5.41) is 3.63. The van der Waals surface area contributed by atoms with Crippen LogP contribution in [0.5, 0.6) is 5.75 Å². The second-order valence-corrected chi connectivity index (χ2v) is 5.53. The summed E-state index contributed by atoms with van der Waals surface area (Å²) < 4.78 is 5.61. The largest absolute Gasteiger partial charge is 0.481 e. The molecular weight excluding hydrogens is 309 g/mol. The van der Waals surface area contributed by atoms with Gasteiger partial charge in [0.15, 0.2) is 6.10 Å². The van der Waals surface area contributed by atoms with Crippen LogP contribution in [0.4, 0.5) is 5.69 Å². The molecule has 0 heterocycles. The first-order valence-corrected chi connectivity index (χ1v) is 7.20. The molecule has 0 bridgehead atoms. The van der Waals surface area contributed by atoms with Gasteiger partial charge in [0.25, 0.3) is 5.91 Å². The van der Waals surface area contributed by atoms with Crippen LogP contribution in [0.15, 0.2) is 42.5 Å². The minimum Gasteiger partial charge on any atom is -0.481 e. The average molecular weight is 324 g/mol. The van der Waals surface area contributed by atoms with Crippen molar-refractivity contribution in [2.24, 2.45) is 0 Å². The minimum absolute atomic E-state index is 0.291. The first kappa shape index (κ1) is 15.7. The van der Waals surface area contributed by atoms with Crippen LogP contribution >= 0.6 is 23.2 Å². The molecule has 0 unspecified atom stereocenters. The second kappa shape index (κ2) is 6.83. The van der Waals surface area contributed by atoms with Crippen molar-refractivity contribution in [2.75, 3.05) is 5.32 Å². The smallest absolute Gasteiger partial charge is 0.265 e. The highest BCUT2D eigenvalue weighted by Gasteiger charge is 2.16. The Bertz CT molecular complexity index is 658. The number of hydrogen-bond acceptors (Lipinski definition) is 2. The van der Waals surface area contributed by atoms with Gasteiger partial charge >= 0.3 is 0 Å². The van der Waals surface area contributed by atoms with Crippen molar-refractivity contribution in [3.8, 4) is 5.75 Å². The molecule has 1 atom stereocenters. The van der Waals surface area contributed by atoms with Gasteiger partial charge in [-0.2, -0.15) is 0 Å². The molecule has 2 rings (SSSR count). The van der Waals surface area contributed by atoms with Crippen LogP contribution in [0.25, 0.3) is 0 Å². The van der Waals surface area contributed by atoms with E-state index in [9.17, 15) is 4.79 Å². The van der Waals surface area contributed by atoms with Crippen LogP contribution in [0.2, 0.25) is 10.0 Å². The Hall–Kier alpha value is -1.71. The van der Waals surface area contributed by atoms with E-state index < -0.39 is 6.10 Å². The van der Waals surface area contributed by atoms with Crippen molar-refractivity contribution >= 4 is 34.8 Å². The summed E-state index contributed by atoms with van der Waals surface area (Å²) >= 11 is 11.9. The molecule has 0 saturated heterocycles. The third kappa shape index (κ3) is 4.38. The fourth-order valence-corrected chi connectivity index (χ4v) is 2.11. The van der Waals surface area contributed by atoms with Gasteiger partial charge in [-0.3, -0.25) is 4.79 Å². The van der Waals surface area contributed by atoms with Crippen LogP contribution in [-0.2, 0) is 4.79 Å². The lowest BCUT2D eigenvalue weighted by Gasteiger charge is -2.15. The molecular formula is C16H15Cl2NO2. The normalized spacial score (nSPS) is 11.8. The van der Waals surface area contributed by atoms with E-state index in [0.717, 1.165) is 5.56 Å². The van der Waals surface area contributed by atoms with Gasteiger partial charge in [-0.15, -0.1) is 0 Å². The zero-order chi connectivity index (χ0) is 15.4. The first-order valence-electron chi connectivity index (χ1n) is 6.45. The van der Waals surface area contributed by atoms with E-state index >= 15 is 0 Å². The predicted molar refractivity (Wildman–Crippen MR) is 86.4 cm³/mol. The monoisotopic (exact) mass is 323 g/mol. The highest BCUT2D eigenvalue weighted by atomic mass is 35.5. The van der Waals surface area contributed by atoms with Gasteiger partial charge < -0.3 is 10.1 Å². The number of nitrogens with one attached hydrogen (secondary N) is 1. The molecule has 0 fully saturated rings. The molecule has 1 N–H and O–H groups in total. The molecule has 1 amide bonds. The number of carbonyl (C=O) groups is 1. The maximum atomic E-state index is 12.1. The van der Waals surface area contributed by atoms with Crippen LogP contribution in [0.3, 0.4) is 0 Å². The Morgan fingerprint density at radius 1 is 1.19 bits per heavy atom. The molecule has 0 aliphatic carbocycles. The van der Waals surface area contributed by atoms with E-state index in [1.165, 1.54) is 0 Å². The lowest BCUT2D eigenvalue weighted by molar-refractivity contribution is -0.122. The molecule has 0 spiro atoms. The number of hydrogen-bond donors (Lipinski definition) is 1. The SMILES string of the molecule is Cc1cccc(O[C@H](C)C(=O)Nc2cc(Cl)ccc2Cl)c1. The first-order chi connectivity index (χ1) is 9.95. The van der Waals surface area contributed by atoms with E-state index in [-0.39, 0.29) is 5.91 Å². The minimum atomic E-state index is -0.651. The number of carbonyl (C=O) groups excluding carboxylic acids is 1. The Labute approximate surface area is 133 Å². The molecule has 0 aromatic heterocycles. The van der Waals surface area contributed by atoms with Crippen molar-refractivity contribution in [3.63, 3.8) is 0 Å². The fraction of sp³-hybridized carbons (Fsp3) is 0.188. The summed E-state index contributed by atoms with van der Waals surface area (Å²) in [6.45, 7) is 3.64. The zero-order valence-corrected chi connectivity index (χ0v) is 13.2. The van der Waals surface area contributed by atoms with E-state index in [2.05, 4.69) is 5.32 Å². The molecule has 0 radical (unpaired) electrons. The number of halogens is 2. The Kier molecular flexibility index (Phi) is 5.10. The maximum Gasteiger partial charge on any atom is 0.265 e. The molecule has 5 heteroatoms. The number of anilines is 1. The summed E-state index contributed by atoms with van der Waals surface area (Å²) in [5.41, 5.74) is 1.53. The van der Waals surface area contributed by atoms with Gasteiger partial charge in [0.2, 0.25) is 0 Å². The van der Waals surface area contributed by atoms with Crippen LogP contribution < -0.4 is 10.1 Å². The molecule has 3 nitrogen and oxygen atoms in total. The average Bonchev–Trinajstić information content (AvgIpc) is 2.43. The molecule has 0 aliphatic rings. The summed E-state index contributed by atoms with van der Waals surface area (Å²) in [4.78, 5) is 12.1. The fourth-order valence-electron chi connectivity index (χ4n) is 1.77. The van der Waals surface area contributed by atoms with Crippen molar-refractivity contribution < 1.29 is 9.53 Å². The van der Waals surface area contributed by atoms with Crippen LogP contribution in [-0.4, -0.2) is 12.0 Å². The Morgan fingerprint density at radius 3 is 2.67 bits per heavy atom. The number of amides is 1. The number of ether oxygens (including phenoxy) is 1. The van der Waals surface area contributed by atoms with Gasteiger partial charge in [0, 0.05) is 5.02 Å². The number of aryl methyl sites for hydroxylation is 1. The Balaban J connectivity index is 2.04. The number of benzene rings is 2. The third-order valence-corrected chi connectivity index (χ3v) is 3.42. The van der Waals surface area contributed by atoms with Crippen molar-refractivity contribution in [3.05, 3.63) is 58.1 Å². The van der Waals surface area contributed by atoms with E-state index in [4.69, 9.17) is 27.9 Å². The summed E-state index contributed by atoms with van der Waals surface area (Å²) in [7, 11) is 0. The van der Waals surface area contributed by atoms with Gasteiger partial charge in [-0.1, -0.05) is 35.3 Å². The molecule has 2 aromatic rings. The van der Waals surface area contributed by atoms with E-state index in [1.807, 2.05) is 31.2 Å². The summed E-state index contributed by atoms with van der Waals surface area (Å²) in [5.74, 6) is 0.357. The Morgan fingerprint density at radius 2 is 1.95 bits per heavy atom. The highest BCUT2D eigenvalue weighted by Crippen LogP contribution is 2.25. The van der Waals surface area contributed by atoms with Gasteiger partial charge in [-0.05, 0) is 49.7 Å². The highest BCUT2D eigenvalue weighted by molar-refractivity contribution is 6.35. The second-order valence-electron chi connectivity index (χ2n) is 4.69.